The van der Waals surface area contributed by atoms with Crippen LogP contribution in [0.15, 0.2) is 12.3 Å². The molecule has 4 nitrogen and oxygen atoms in total. The monoisotopic (exact) mass is 309 g/mol. The molecule has 21 heavy (non-hydrogen) atoms. The van der Waals surface area contributed by atoms with Gasteiger partial charge in [0.2, 0.25) is 0 Å². The minimum atomic E-state index is -4.16. The van der Waals surface area contributed by atoms with Gasteiger partial charge in [-0.15, -0.1) is 0 Å². The average Bonchev–Trinajstić information content (AvgIpc) is 2.40. The Kier molecular flexibility index (Phi) is 6.35. The Hall–Kier alpha value is -1.41. The van der Waals surface area contributed by atoms with Gasteiger partial charge in [0.1, 0.15) is 12.4 Å². The van der Waals surface area contributed by atoms with Crippen molar-refractivity contribution in [3.63, 3.8) is 0 Å². The zero-order valence-corrected chi connectivity index (χ0v) is 11.9. The van der Waals surface area contributed by atoms with E-state index in [1.807, 2.05) is 13.8 Å². The first-order chi connectivity index (χ1) is 9.77. The molecule has 0 aliphatic heterocycles. The summed E-state index contributed by atoms with van der Waals surface area (Å²) in [5.41, 5.74) is 7.19. The quantitative estimate of drug-likeness (QED) is 0.725. The number of anilines is 1. The summed E-state index contributed by atoms with van der Waals surface area (Å²) in [7, 11) is 0. The Bertz CT molecular complexity index is 457. The van der Waals surface area contributed by atoms with E-state index >= 15 is 0 Å². The van der Waals surface area contributed by atoms with E-state index in [1.54, 1.807) is 12.3 Å². The molecule has 1 aromatic heterocycles. The summed E-state index contributed by atoms with van der Waals surface area (Å²) in [6.07, 6.45) is -2.17. The maximum Gasteiger partial charge on any atom is 0.330 e. The van der Waals surface area contributed by atoms with Crippen molar-refractivity contribution in [1.82, 2.24) is 10.3 Å². The lowest BCUT2D eigenvalue weighted by atomic mass is 10.1. The molecule has 1 atom stereocenters. The van der Waals surface area contributed by atoms with Gasteiger partial charge in [0.15, 0.2) is 0 Å². The normalized spacial score (nSPS) is 13.7. The minimum Gasteiger partial charge on any atom is -0.383 e. The Morgan fingerprint density at radius 3 is 2.67 bits per heavy atom. The summed E-state index contributed by atoms with van der Waals surface area (Å²) in [5, 5.41) is 3.01. The summed E-state index contributed by atoms with van der Waals surface area (Å²) in [6.45, 7) is 2.62. The summed E-state index contributed by atoms with van der Waals surface area (Å²) >= 11 is 0. The number of nitrogens with one attached hydrogen (secondary N) is 1. The van der Waals surface area contributed by atoms with Crippen molar-refractivity contribution in [1.29, 1.82) is 0 Å². The number of rotatable bonds is 8. The Labute approximate surface area is 120 Å². The maximum atomic E-state index is 12.8. The molecule has 1 heterocycles. The van der Waals surface area contributed by atoms with Crippen LogP contribution in [0.1, 0.15) is 24.1 Å². The number of hydrogen-bond donors (Lipinski definition) is 2. The number of nitrogens with zero attached hydrogens (tertiary/aromatic N) is 1. The highest BCUT2D eigenvalue weighted by Crippen LogP contribution is 2.25. The number of alkyl halides is 4. The second kappa shape index (κ2) is 7.56. The molecular formula is C13H19F4N3O. The molecule has 3 N–H and O–H groups in total. The molecule has 0 spiro atoms. The molecule has 1 rings (SSSR count). The fraction of sp³-hybridized carbons (Fsp3) is 0.615. The molecule has 0 radical (unpaired) electrons. The van der Waals surface area contributed by atoms with Crippen molar-refractivity contribution < 1.29 is 22.3 Å². The van der Waals surface area contributed by atoms with Gasteiger partial charge in [-0.25, -0.2) is 13.8 Å². The molecule has 120 valence electrons. The SMILES string of the molecule is CCNC(COCC(F)(F)C(F)F)c1cc(C)cnc1N. The molecule has 8 heteroatoms. The minimum absolute atomic E-state index is 0.203. The Morgan fingerprint density at radius 1 is 1.43 bits per heavy atom. The summed E-state index contributed by atoms with van der Waals surface area (Å²) in [6, 6.07) is 1.26. The zero-order chi connectivity index (χ0) is 16.0. The number of nitrogen functional groups attached to an aromatic ring is 1. The summed E-state index contributed by atoms with van der Waals surface area (Å²) in [5.74, 6) is -3.91. The molecule has 0 aliphatic carbocycles. The van der Waals surface area contributed by atoms with Gasteiger partial charge in [0, 0.05) is 11.8 Å². The molecule has 0 aliphatic rings. The topological polar surface area (TPSA) is 60.2 Å². The van der Waals surface area contributed by atoms with Crippen LogP contribution < -0.4 is 11.1 Å². The van der Waals surface area contributed by atoms with Gasteiger partial charge < -0.3 is 15.8 Å². The van der Waals surface area contributed by atoms with Crippen molar-refractivity contribution >= 4 is 5.82 Å². The van der Waals surface area contributed by atoms with Crippen LogP contribution in [-0.2, 0) is 4.74 Å². The van der Waals surface area contributed by atoms with Crippen LogP contribution >= 0.6 is 0 Å². The fourth-order valence-corrected chi connectivity index (χ4v) is 1.76. The van der Waals surface area contributed by atoms with Gasteiger partial charge in [0.25, 0.3) is 0 Å². The molecule has 0 fully saturated rings. The van der Waals surface area contributed by atoms with Gasteiger partial charge in [-0.05, 0) is 25.1 Å². The van der Waals surface area contributed by atoms with Crippen LogP contribution in [0.25, 0.3) is 0 Å². The van der Waals surface area contributed by atoms with Gasteiger partial charge in [-0.2, -0.15) is 8.78 Å². The predicted octanol–water partition coefficient (Wildman–Crippen LogP) is 2.54. The Morgan fingerprint density at radius 2 is 2.10 bits per heavy atom. The second-order valence-corrected chi connectivity index (χ2v) is 4.67. The van der Waals surface area contributed by atoms with Crippen LogP contribution in [-0.4, -0.2) is 37.1 Å². The van der Waals surface area contributed by atoms with Gasteiger partial charge in [-0.3, -0.25) is 0 Å². The van der Waals surface area contributed by atoms with E-state index in [4.69, 9.17) is 10.5 Å². The van der Waals surface area contributed by atoms with Crippen LogP contribution in [0.5, 0.6) is 0 Å². The van der Waals surface area contributed by atoms with Crippen molar-refractivity contribution in [3.8, 4) is 0 Å². The molecule has 1 aromatic rings. The summed E-state index contributed by atoms with van der Waals surface area (Å²) in [4.78, 5) is 3.98. The van der Waals surface area contributed by atoms with E-state index in [1.165, 1.54) is 0 Å². The lowest BCUT2D eigenvalue weighted by Gasteiger charge is -2.22. The smallest absolute Gasteiger partial charge is 0.330 e. The van der Waals surface area contributed by atoms with E-state index < -0.39 is 25.0 Å². The zero-order valence-electron chi connectivity index (χ0n) is 11.9. The number of halogens is 4. The van der Waals surface area contributed by atoms with Crippen LogP contribution in [0.3, 0.4) is 0 Å². The number of aryl methyl sites for hydroxylation is 1. The lowest BCUT2D eigenvalue weighted by Crippen LogP contribution is -2.34. The molecule has 0 aromatic carbocycles. The van der Waals surface area contributed by atoms with Gasteiger partial charge in [0.05, 0.1) is 12.6 Å². The van der Waals surface area contributed by atoms with E-state index in [0.717, 1.165) is 5.56 Å². The highest BCUT2D eigenvalue weighted by atomic mass is 19.3. The molecular weight excluding hydrogens is 290 g/mol. The number of pyridine rings is 1. The van der Waals surface area contributed by atoms with Crippen LogP contribution in [0.2, 0.25) is 0 Å². The average molecular weight is 309 g/mol. The first kappa shape index (κ1) is 17.6. The third kappa shape index (κ3) is 5.13. The third-order valence-electron chi connectivity index (χ3n) is 2.81. The van der Waals surface area contributed by atoms with Crippen molar-refractivity contribution in [2.24, 2.45) is 0 Å². The second-order valence-electron chi connectivity index (χ2n) is 4.67. The lowest BCUT2D eigenvalue weighted by molar-refractivity contribution is -0.167. The maximum absolute atomic E-state index is 12.8. The van der Waals surface area contributed by atoms with Crippen molar-refractivity contribution in [2.75, 3.05) is 25.5 Å². The number of hydrogen-bond acceptors (Lipinski definition) is 4. The number of nitrogens with two attached hydrogens (primary N) is 1. The molecule has 0 amide bonds. The molecule has 1 unspecified atom stereocenters. The van der Waals surface area contributed by atoms with Gasteiger partial charge >= 0.3 is 12.3 Å². The predicted molar refractivity (Wildman–Crippen MR) is 71.6 cm³/mol. The first-order valence-corrected chi connectivity index (χ1v) is 6.47. The summed E-state index contributed by atoms with van der Waals surface area (Å²) < 4.78 is 54.4. The third-order valence-corrected chi connectivity index (χ3v) is 2.81. The number of aromatic nitrogens is 1. The van der Waals surface area contributed by atoms with Gasteiger partial charge in [-0.1, -0.05) is 6.92 Å². The van der Waals surface area contributed by atoms with E-state index in [-0.39, 0.29) is 12.4 Å². The molecule has 0 bridgehead atoms. The first-order valence-electron chi connectivity index (χ1n) is 6.47. The molecule has 0 saturated heterocycles. The number of likely N-dealkylation sites (N-methyl/N-ethyl adjacent to an activating group) is 1. The van der Waals surface area contributed by atoms with E-state index in [0.29, 0.717) is 12.1 Å². The standard InChI is InChI=1S/C13H19F4N3O/c1-3-19-10(6-21-7-13(16,17)12(14)15)9-4-8(2)5-20-11(9)18/h4-5,10,12,19H,3,6-7H2,1-2H3,(H2,18,20). The van der Waals surface area contributed by atoms with Crippen LogP contribution in [0.4, 0.5) is 23.4 Å². The molecule has 0 saturated carbocycles. The largest absolute Gasteiger partial charge is 0.383 e. The van der Waals surface area contributed by atoms with E-state index in [2.05, 4.69) is 10.3 Å². The fourth-order valence-electron chi connectivity index (χ4n) is 1.76. The number of ether oxygens (including phenoxy) is 1. The van der Waals surface area contributed by atoms with Crippen LogP contribution in [0, 0.1) is 6.92 Å². The van der Waals surface area contributed by atoms with E-state index in [9.17, 15) is 17.6 Å². The van der Waals surface area contributed by atoms with Crippen molar-refractivity contribution in [3.05, 3.63) is 23.4 Å². The Balaban J connectivity index is 2.72. The highest BCUT2D eigenvalue weighted by molar-refractivity contribution is 5.43. The van der Waals surface area contributed by atoms with Crippen molar-refractivity contribution in [2.45, 2.75) is 32.2 Å². The highest BCUT2D eigenvalue weighted by Gasteiger charge is 2.41.